The highest BCUT2D eigenvalue weighted by atomic mass is 19.1. The zero-order chi connectivity index (χ0) is 13.0. The molecule has 0 bridgehead atoms. The van der Waals surface area contributed by atoms with Crippen LogP contribution in [-0.4, -0.2) is 6.54 Å². The van der Waals surface area contributed by atoms with Gasteiger partial charge in [-0.1, -0.05) is 33.8 Å². The Kier molecular flexibility index (Phi) is 5.13. The highest BCUT2D eigenvalue weighted by Gasteiger charge is 2.21. The minimum absolute atomic E-state index is 0.140. The number of aryl methyl sites for hydroxylation is 1. The Labute approximate surface area is 104 Å². The van der Waals surface area contributed by atoms with Crippen molar-refractivity contribution in [3.8, 4) is 0 Å². The van der Waals surface area contributed by atoms with E-state index in [0.29, 0.717) is 11.8 Å². The van der Waals surface area contributed by atoms with Gasteiger partial charge >= 0.3 is 0 Å². The molecule has 1 aromatic carbocycles. The highest BCUT2D eigenvalue weighted by molar-refractivity contribution is 5.26. The third kappa shape index (κ3) is 3.81. The van der Waals surface area contributed by atoms with Gasteiger partial charge in [-0.2, -0.15) is 0 Å². The molecule has 1 rings (SSSR count). The first-order valence-electron chi connectivity index (χ1n) is 6.46. The van der Waals surface area contributed by atoms with Gasteiger partial charge in [0, 0.05) is 6.04 Å². The number of hydrogen-bond acceptors (Lipinski definition) is 1. The second-order valence-corrected chi connectivity index (χ2v) is 5.20. The van der Waals surface area contributed by atoms with E-state index in [0.717, 1.165) is 17.7 Å². The van der Waals surface area contributed by atoms with Crippen molar-refractivity contribution in [2.75, 3.05) is 6.54 Å². The van der Waals surface area contributed by atoms with Crippen LogP contribution in [0, 0.1) is 24.6 Å². The summed E-state index contributed by atoms with van der Waals surface area (Å²) < 4.78 is 13.5. The summed E-state index contributed by atoms with van der Waals surface area (Å²) in [6.45, 7) is 11.6. The molecule has 0 saturated carbocycles. The van der Waals surface area contributed by atoms with Crippen LogP contribution in [0.3, 0.4) is 0 Å². The molecule has 17 heavy (non-hydrogen) atoms. The summed E-state index contributed by atoms with van der Waals surface area (Å²) in [5, 5.41) is 3.47. The first-order chi connectivity index (χ1) is 7.95. The van der Waals surface area contributed by atoms with Crippen LogP contribution >= 0.6 is 0 Å². The van der Waals surface area contributed by atoms with Gasteiger partial charge in [0.25, 0.3) is 0 Å². The first-order valence-corrected chi connectivity index (χ1v) is 6.46. The number of halogens is 1. The molecular weight excluding hydrogens is 213 g/mol. The zero-order valence-corrected chi connectivity index (χ0v) is 11.5. The predicted molar refractivity (Wildman–Crippen MR) is 71.6 cm³/mol. The molecule has 0 aromatic heterocycles. The van der Waals surface area contributed by atoms with Crippen LogP contribution in [0.4, 0.5) is 4.39 Å². The lowest BCUT2D eigenvalue weighted by atomic mass is 9.85. The number of hydrogen-bond donors (Lipinski definition) is 1. The molecular formula is C15H24FN. The van der Waals surface area contributed by atoms with E-state index < -0.39 is 0 Å². The van der Waals surface area contributed by atoms with Gasteiger partial charge in [0.2, 0.25) is 0 Å². The molecule has 96 valence electrons. The molecule has 2 atom stereocenters. The summed E-state index contributed by atoms with van der Waals surface area (Å²) in [6, 6.07) is 5.54. The van der Waals surface area contributed by atoms with Crippen molar-refractivity contribution < 1.29 is 4.39 Å². The molecule has 2 heteroatoms. The summed E-state index contributed by atoms with van der Waals surface area (Å²) in [5.41, 5.74) is 2.05. The summed E-state index contributed by atoms with van der Waals surface area (Å²) >= 11 is 0. The van der Waals surface area contributed by atoms with Crippen molar-refractivity contribution in [3.05, 3.63) is 35.1 Å². The number of nitrogens with one attached hydrogen (secondary N) is 1. The van der Waals surface area contributed by atoms with E-state index in [1.165, 1.54) is 0 Å². The largest absolute Gasteiger partial charge is 0.310 e. The SMILES string of the molecule is CCNC(c1cc(C)cc(F)c1)C(C)C(C)C. The molecule has 2 unspecified atom stereocenters. The zero-order valence-electron chi connectivity index (χ0n) is 11.5. The quantitative estimate of drug-likeness (QED) is 0.813. The smallest absolute Gasteiger partial charge is 0.123 e. The topological polar surface area (TPSA) is 12.0 Å². The van der Waals surface area contributed by atoms with E-state index in [4.69, 9.17) is 0 Å². The fraction of sp³-hybridized carbons (Fsp3) is 0.600. The molecule has 1 N–H and O–H groups in total. The molecule has 0 radical (unpaired) electrons. The molecule has 1 aromatic rings. The second-order valence-electron chi connectivity index (χ2n) is 5.20. The van der Waals surface area contributed by atoms with E-state index in [-0.39, 0.29) is 11.9 Å². The lowest BCUT2D eigenvalue weighted by molar-refractivity contribution is 0.306. The maximum absolute atomic E-state index is 13.5. The average molecular weight is 237 g/mol. The summed E-state index contributed by atoms with van der Waals surface area (Å²) in [6.07, 6.45) is 0. The second kappa shape index (κ2) is 6.15. The Bertz CT molecular complexity index is 340. The van der Waals surface area contributed by atoms with Crippen LogP contribution < -0.4 is 5.32 Å². The van der Waals surface area contributed by atoms with Crippen molar-refractivity contribution in [2.45, 2.75) is 40.7 Å². The van der Waals surface area contributed by atoms with Crippen molar-refractivity contribution in [2.24, 2.45) is 11.8 Å². The minimum atomic E-state index is -0.140. The highest BCUT2D eigenvalue weighted by Crippen LogP contribution is 2.28. The molecule has 0 aliphatic heterocycles. The Morgan fingerprint density at radius 1 is 1.18 bits per heavy atom. The Balaban J connectivity index is 3.04. The van der Waals surface area contributed by atoms with E-state index in [2.05, 4.69) is 39.1 Å². The van der Waals surface area contributed by atoms with E-state index in [1.54, 1.807) is 12.1 Å². The number of rotatable bonds is 5. The summed E-state index contributed by atoms with van der Waals surface area (Å²) in [4.78, 5) is 0. The van der Waals surface area contributed by atoms with Crippen LogP contribution in [0.15, 0.2) is 18.2 Å². The van der Waals surface area contributed by atoms with Gasteiger partial charge in [-0.05, 0) is 48.6 Å². The van der Waals surface area contributed by atoms with Gasteiger partial charge in [-0.15, -0.1) is 0 Å². The Hall–Kier alpha value is -0.890. The van der Waals surface area contributed by atoms with Gasteiger partial charge in [0.05, 0.1) is 0 Å². The summed E-state index contributed by atoms with van der Waals surface area (Å²) in [5.74, 6) is 0.914. The maximum Gasteiger partial charge on any atom is 0.123 e. The molecule has 0 fully saturated rings. The van der Waals surface area contributed by atoms with Gasteiger partial charge in [0.1, 0.15) is 5.82 Å². The van der Waals surface area contributed by atoms with Gasteiger partial charge in [-0.3, -0.25) is 0 Å². The molecule has 0 amide bonds. The molecule has 0 aliphatic carbocycles. The average Bonchev–Trinajstić information content (AvgIpc) is 2.23. The van der Waals surface area contributed by atoms with Crippen LogP contribution in [0.2, 0.25) is 0 Å². The summed E-state index contributed by atoms with van der Waals surface area (Å²) in [7, 11) is 0. The minimum Gasteiger partial charge on any atom is -0.310 e. The standard InChI is InChI=1S/C15H24FN/c1-6-17-15(12(5)10(2)3)13-7-11(4)8-14(16)9-13/h7-10,12,15,17H,6H2,1-5H3. The van der Waals surface area contributed by atoms with E-state index in [1.807, 2.05) is 6.92 Å². The molecule has 0 aliphatic rings. The van der Waals surface area contributed by atoms with Gasteiger partial charge in [-0.25, -0.2) is 4.39 Å². The Morgan fingerprint density at radius 2 is 1.82 bits per heavy atom. The monoisotopic (exact) mass is 237 g/mol. The van der Waals surface area contributed by atoms with Crippen LogP contribution in [0.5, 0.6) is 0 Å². The molecule has 0 heterocycles. The fourth-order valence-electron chi connectivity index (χ4n) is 2.16. The van der Waals surface area contributed by atoms with Crippen molar-refractivity contribution >= 4 is 0 Å². The van der Waals surface area contributed by atoms with E-state index >= 15 is 0 Å². The lowest BCUT2D eigenvalue weighted by Gasteiger charge is -2.28. The van der Waals surface area contributed by atoms with Crippen molar-refractivity contribution in [1.29, 1.82) is 0 Å². The van der Waals surface area contributed by atoms with Crippen LogP contribution in [-0.2, 0) is 0 Å². The normalized spacial score (nSPS) is 15.0. The molecule has 0 saturated heterocycles. The molecule has 0 spiro atoms. The van der Waals surface area contributed by atoms with Crippen molar-refractivity contribution in [1.82, 2.24) is 5.32 Å². The van der Waals surface area contributed by atoms with Crippen molar-refractivity contribution in [3.63, 3.8) is 0 Å². The fourth-order valence-corrected chi connectivity index (χ4v) is 2.16. The van der Waals surface area contributed by atoms with Crippen LogP contribution in [0.25, 0.3) is 0 Å². The first kappa shape index (κ1) is 14.2. The van der Waals surface area contributed by atoms with Gasteiger partial charge in [0.15, 0.2) is 0 Å². The van der Waals surface area contributed by atoms with Gasteiger partial charge < -0.3 is 5.32 Å². The third-order valence-corrected chi connectivity index (χ3v) is 3.42. The maximum atomic E-state index is 13.5. The predicted octanol–water partition coefficient (Wildman–Crippen LogP) is 4.08. The van der Waals surface area contributed by atoms with E-state index in [9.17, 15) is 4.39 Å². The Morgan fingerprint density at radius 3 is 2.29 bits per heavy atom. The lowest BCUT2D eigenvalue weighted by Crippen LogP contribution is -2.29. The number of benzene rings is 1. The molecule has 1 nitrogen and oxygen atoms in total. The third-order valence-electron chi connectivity index (χ3n) is 3.42. The van der Waals surface area contributed by atoms with Crippen LogP contribution in [0.1, 0.15) is 44.9 Å².